The smallest absolute Gasteiger partial charge is 0.290 e. The second-order valence-corrected chi connectivity index (χ2v) is 7.37. The first kappa shape index (κ1) is 19.7. The van der Waals surface area contributed by atoms with Gasteiger partial charge in [-0.25, -0.2) is 4.39 Å². The lowest BCUT2D eigenvalue weighted by Crippen LogP contribution is -2.35. The predicted molar refractivity (Wildman–Crippen MR) is 107 cm³/mol. The molecule has 0 unspecified atom stereocenters. The Kier molecular flexibility index (Phi) is 4.83. The molecule has 0 fully saturated rings. The van der Waals surface area contributed by atoms with Gasteiger partial charge in [-0.3, -0.25) is 19.7 Å². The molecule has 0 aliphatic carbocycles. The topological polar surface area (TPSA) is 96.9 Å². The molecule has 1 amide bonds. The van der Waals surface area contributed by atoms with E-state index in [-0.39, 0.29) is 34.5 Å². The standard InChI is InChI=1S/C21H18FN3O5/c1-23(2)8-9-24-18(12-4-3-5-14(10-12)25(28)29)17-19(26)15-11-13(22)6-7-16(15)30-20(17)21(24)27/h3-7,10-11,18H,8-9H2,1-2H3/t18-/m0/s1. The van der Waals surface area contributed by atoms with Gasteiger partial charge in [0, 0.05) is 25.2 Å². The van der Waals surface area contributed by atoms with E-state index < -0.39 is 28.1 Å². The van der Waals surface area contributed by atoms with Gasteiger partial charge in [-0.15, -0.1) is 0 Å². The number of non-ortho nitro benzene ring substituents is 1. The molecule has 1 aliphatic heterocycles. The molecule has 154 valence electrons. The zero-order chi connectivity index (χ0) is 21.6. The Morgan fingerprint density at radius 2 is 1.97 bits per heavy atom. The molecule has 0 bridgehead atoms. The fourth-order valence-corrected chi connectivity index (χ4v) is 3.69. The van der Waals surface area contributed by atoms with Crippen LogP contribution in [0.2, 0.25) is 0 Å². The van der Waals surface area contributed by atoms with E-state index in [1.807, 2.05) is 19.0 Å². The van der Waals surface area contributed by atoms with Crippen molar-refractivity contribution in [1.29, 1.82) is 0 Å². The van der Waals surface area contributed by atoms with Crippen LogP contribution in [0, 0.1) is 15.9 Å². The van der Waals surface area contributed by atoms with Gasteiger partial charge in [0.15, 0.2) is 5.43 Å². The number of nitro groups is 1. The molecule has 9 heteroatoms. The van der Waals surface area contributed by atoms with Gasteiger partial charge >= 0.3 is 0 Å². The summed E-state index contributed by atoms with van der Waals surface area (Å²) in [4.78, 5) is 40.4. The third kappa shape index (κ3) is 3.22. The van der Waals surface area contributed by atoms with E-state index in [0.29, 0.717) is 12.1 Å². The van der Waals surface area contributed by atoms with E-state index in [0.717, 1.165) is 12.1 Å². The number of rotatable bonds is 5. The Bertz CT molecular complexity index is 1240. The molecule has 2 aromatic carbocycles. The molecule has 3 aromatic rings. The van der Waals surface area contributed by atoms with Crippen LogP contribution in [0.15, 0.2) is 51.7 Å². The maximum absolute atomic E-state index is 13.8. The molecule has 2 heterocycles. The molecular weight excluding hydrogens is 393 g/mol. The first-order chi connectivity index (χ1) is 14.3. The van der Waals surface area contributed by atoms with Crippen molar-refractivity contribution in [3.05, 3.63) is 85.5 Å². The van der Waals surface area contributed by atoms with Crippen molar-refractivity contribution in [3.8, 4) is 0 Å². The van der Waals surface area contributed by atoms with Gasteiger partial charge in [-0.1, -0.05) is 12.1 Å². The van der Waals surface area contributed by atoms with Gasteiger partial charge in [-0.2, -0.15) is 0 Å². The number of nitro benzene ring substituents is 1. The van der Waals surface area contributed by atoms with Gasteiger partial charge in [0.2, 0.25) is 5.76 Å². The van der Waals surface area contributed by atoms with E-state index in [4.69, 9.17) is 4.42 Å². The molecule has 1 aromatic heterocycles. The third-order valence-electron chi connectivity index (χ3n) is 5.11. The first-order valence-corrected chi connectivity index (χ1v) is 9.24. The minimum absolute atomic E-state index is 0.0199. The Morgan fingerprint density at radius 1 is 1.20 bits per heavy atom. The van der Waals surface area contributed by atoms with Crippen molar-refractivity contribution in [2.24, 2.45) is 0 Å². The number of benzene rings is 2. The fraction of sp³-hybridized carbons (Fsp3) is 0.238. The van der Waals surface area contributed by atoms with Gasteiger partial charge < -0.3 is 14.2 Å². The molecule has 1 atom stereocenters. The van der Waals surface area contributed by atoms with Crippen LogP contribution in [0.4, 0.5) is 10.1 Å². The Labute approximate surface area is 170 Å². The lowest BCUT2D eigenvalue weighted by atomic mass is 9.98. The normalized spacial score (nSPS) is 15.8. The number of carbonyl (C=O) groups excluding carboxylic acids is 1. The summed E-state index contributed by atoms with van der Waals surface area (Å²) in [7, 11) is 3.69. The van der Waals surface area contributed by atoms with E-state index >= 15 is 0 Å². The van der Waals surface area contributed by atoms with Gasteiger partial charge in [0.25, 0.3) is 11.6 Å². The monoisotopic (exact) mass is 411 g/mol. The summed E-state index contributed by atoms with van der Waals surface area (Å²) in [6.07, 6.45) is 0. The molecule has 4 rings (SSSR count). The summed E-state index contributed by atoms with van der Waals surface area (Å²) in [5.41, 5.74) is -0.0867. The molecular formula is C21H18FN3O5. The number of amides is 1. The van der Waals surface area contributed by atoms with E-state index in [9.17, 15) is 24.1 Å². The highest BCUT2D eigenvalue weighted by Crippen LogP contribution is 2.38. The number of likely N-dealkylation sites (N-methyl/N-ethyl adjacent to an activating group) is 1. The maximum Gasteiger partial charge on any atom is 0.290 e. The van der Waals surface area contributed by atoms with Crippen LogP contribution in [-0.2, 0) is 0 Å². The SMILES string of the molecule is CN(C)CCN1C(=O)c2oc3ccc(F)cc3c(=O)c2[C@@H]1c1cccc([N+](=O)[O-])c1. The molecule has 0 spiro atoms. The number of nitrogens with zero attached hydrogens (tertiary/aromatic N) is 3. The molecule has 0 N–H and O–H groups in total. The summed E-state index contributed by atoms with van der Waals surface area (Å²) in [5.74, 6) is -1.20. The second kappa shape index (κ2) is 7.34. The van der Waals surface area contributed by atoms with E-state index in [1.54, 1.807) is 6.07 Å². The van der Waals surface area contributed by atoms with Crippen molar-refractivity contribution >= 4 is 22.6 Å². The Morgan fingerprint density at radius 3 is 2.67 bits per heavy atom. The summed E-state index contributed by atoms with van der Waals surface area (Å²) < 4.78 is 19.5. The van der Waals surface area contributed by atoms with Gasteiger partial charge in [0.05, 0.1) is 21.9 Å². The molecule has 0 saturated heterocycles. The van der Waals surface area contributed by atoms with E-state index in [1.165, 1.54) is 29.2 Å². The van der Waals surface area contributed by atoms with Crippen LogP contribution < -0.4 is 5.43 Å². The zero-order valence-electron chi connectivity index (χ0n) is 16.3. The minimum Gasteiger partial charge on any atom is -0.450 e. The largest absolute Gasteiger partial charge is 0.450 e. The number of fused-ring (bicyclic) bond motifs is 2. The van der Waals surface area contributed by atoms with Crippen LogP contribution in [0.25, 0.3) is 11.0 Å². The first-order valence-electron chi connectivity index (χ1n) is 9.24. The average molecular weight is 411 g/mol. The number of halogens is 1. The van der Waals surface area contributed by atoms with Crippen molar-refractivity contribution in [2.75, 3.05) is 27.2 Å². The molecule has 30 heavy (non-hydrogen) atoms. The average Bonchev–Trinajstić information content (AvgIpc) is 2.99. The van der Waals surface area contributed by atoms with Crippen molar-refractivity contribution < 1.29 is 18.5 Å². The third-order valence-corrected chi connectivity index (χ3v) is 5.11. The number of hydrogen-bond acceptors (Lipinski definition) is 6. The zero-order valence-corrected chi connectivity index (χ0v) is 16.3. The van der Waals surface area contributed by atoms with Crippen LogP contribution in [0.1, 0.15) is 27.7 Å². The number of carbonyl (C=O) groups is 1. The maximum atomic E-state index is 13.8. The van der Waals surface area contributed by atoms with Crippen molar-refractivity contribution in [1.82, 2.24) is 9.80 Å². The fourth-order valence-electron chi connectivity index (χ4n) is 3.69. The highest BCUT2D eigenvalue weighted by molar-refractivity contribution is 5.99. The quantitative estimate of drug-likeness (QED) is 0.473. The minimum atomic E-state index is -0.865. The van der Waals surface area contributed by atoms with E-state index in [2.05, 4.69) is 0 Å². The predicted octanol–water partition coefficient (Wildman–Crippen LogP) is 2.95. The molecule has 0 radical (unpaired) electrons. The number of hydrogen-bond donors (Lipinski definition) is 0. The summed E-state index contributed by atoms with van der Waals surface area (Å²) in [6.45, 7) is 0.779. The lowest BCUT2D eigenvalue weighted by Gasteiger charge is -2.26. The Hall–Kier alpha value is -3.59. The lowest BCUT2D eigenvalue weighted by molar-refractivity contribution is -0.384. The molecule has 1 aliphatic rings. The van der Waals surface area contributed by atoms with Crippen LogP contribution >= 0.6 is 0 Å². The second-order valence-electron chi connectivity index (χ2n) is 7.37. The van der Waals surface area contributed by atoms with Crippen LogP contribution in [0.3, 0.4) is 0 Å². The van der Waals surface area contributed by atoms with Crippen molar-refractivity contribution in [3.63, 3.8) is 0 Å². The highest BCUT2D eigenvalue weighted by atomic mass is 19.1. The molecule has 8 nitrogen and oxygen atoms in total. The van der Waals surface area contributed by atoms with Gasteiger partial charge in [-0.05, 0) is 37.9 Å². The van der Waals surface area contributed by atoms with Crippen molar-refractivity contribution in [2.45, 2.75) is 6.04 Å². The van der Waals surface area contributed by atoms with Gasteiger partial charge in [0.1, 0.15) is 11.4 Å². The highest BCUT2D eigenvalue weighted by Gasteiger charge is 2.42. The molecule has 0 saturated carbocycles. The summed E-state index contributed by atoms with van der Waals surface area (Å²) in [5, 5.41) is 11.3. The van der Waals surface area contributed by atoms with Crippen LogP contribution in [0.5, 0.6) is 0 Å². The Balaban J connectivity index is 1.96. The van der Waals surface area contributed by atoms with Crippen LogP contribution in [-0.4, -0.2) is 47.8 Å². The summed E-state index contributed by atoms with van der Waals surface area (Å²) >= 11 is 0. The summed E-state index contributed by atoms with van der Waals surface area (Å²) in [6, 6.07) is 8.47.